The molecule has 0 amide bonds. The lowest BCUT2D eigenvalue weighted by molar-refractivity contribution is 0.0922. The first-order valence-electron chi connectivity index (χ1n) is 13.7. The van der Waals surface area contributed by atoms with Gasteiger partial charge in [-0.25, -0.2) is 0 Å². The van der Waals surface area contributed by atoms with Crippen molar-refractivity contribution in [1.82, 2.24) is 14.7 Å². The summed E-state index contributed by atoms with van der Waals surface area (Å²) in [6, 6.07) is 25.5. The molecule has 5 rings (SSSR count). The Labute approximate surface area is 221 Å². The average molecular weight is 498 g/mol. The normalized spacial score (nSPS) is 17.2. The second kappa shape index (κ2) is 12.5. The van der Waals surface area contributed by atoms with Crippen molar-refractivity contribution >= 4 is 5.78 Å². The van der Waals surface area contributed by atoms with Gasteiger partial charge >= 0.3 is 0 Å². The van der Waals surface area contributed by atoms with Crippen LogP contribution in [0.4, 0.5) is 0 Å². The van der Waals surface area contributed by atoms with E-state index in [4.69, 9.17) is 4.74 Å². The van der Waals surface area contributed by atoms with Crippen LogP contribution in [-0.2, 0) is 25.9 Å². The maximum Gasteiger partial charge on any atom is 0.164 e. The van der Waals surface area contributed by atoms with Crippen molar-refractivity contribution in [3.05, 3.63) is 101 Å². The van der Waals surface area contributed by atoms with E-state index in [9.17, 15) is 4.79 Å². The number of ether oxygens (including phenoxy) is 1. The average Bonchev–Trinajstić information content (AvgIpc) is 3.15. The van der Waals surface area contributed by atoms with E-state index in [-0.39, 0.29) is 5.78 Å². The molecule has 5 heteroatoms. The van der Waals surface area contributed by atoms with E-state index in [2.05, 4.69) is 75.4 Å². The van der Waals surface area contributed by atoms with Crippen LogP contribution in [-0.4, -0.2) is 73.4 Å². The van der Waals surface area contributed by atoms with Gasteiger partial charge in [0, 0.05) is 70.9 Å². The molecule has 194 valence electrons. The molecule has 1 saturated heterocycles. The minimum atomic E-state index is 0.272. The highest BCUT2D eigenvalue weighted by molar-refractivity contribution is 5.96. The van der Waals surface area contributed by atoms with Crippen molar-refractivity contribution in [2.75, 3.05) is 52.9 Å². The largest absolute Gasteiger partial charge is 0.497 e. The second-order valence-corrected chi connectivity index (χ2v) is 10.4. The van der Waals surface area contributed by atoms with Gasteiger partial charge in [0.05, 0.1) is 7.11 Å². The molecule has 3 aromatic rings. The van der Waals surface area contributed by atoms with Gasteiger partial charge in [-0.15, -0.1) is 0 Å². The standard InChI is InChI=1S/C32H39N3O2/c1-37-31-11-7-27(8-12-31)25-34-16-13-28-9-10-30(23-29(28)14-17-34)32(36)15-18-33-19-21-35(22-20-33)24-26-5-3-2-4-6-26/h2-12,23H,13-22,24-25H2,1H3. The van der Waals surface area contributed by atoms with Gasteiger partial charge in [0.2, 0.25) is 0 Å². The van der Waals surface area contributed by atoms with E-state index in [1.807, 2.05) is 12.1 Å². The van der Waals surface area contributed by atoms with Crippen molar-refractivity contribution in [1.29, 1.82) is 0 Å². The third kappa shape index (κ3) is 7.07. The highest BCUT2D eigenvalue weighted by Crippen LogP contribution is 2.21. The van der Waals surface area contributed by atoms with Crippen molar-refractivity contribution < 1.29 is 9.53 Å². The summed E-state index contributed by atoms with van der Waals surface area (Å²) in [5.41, 5.74) is 6.30. The van der Waals surface area contributed by atoms with E-state index in [1.54, 1.807) is 7.11 Å². The molecule has 0 bridgehead atoms. The summed E-state index contributed by atoms with van der Waals surface area (Å²) in [7, 11) is 1.70. The summed E-state index contributed by atoms with van der Waals surface area (Å²) in [6.45, 7) is 9.08. The van der Waals surface area contributed by atoms with Gasteiger partial charge in [-0.05, 0) is 53.3 Å². The Hall–Kier alpha value is -2.99. The lowest BCUT2D eigenvalue weighted by Gasteiger charge is -2.34. The number of hydrogen-bond acceptors (Lipinski definition) is 5. The number of hydrogen-bond donors (Lipinski definition) is 0. The topological polar surface area (TPSA) is 36.0 Å². The molecule has 0 unspecified atom stereocenters. The van der Waals surface area contributed by atoms with Crippen molar-refractivity contribution in [3.63, 3.8) is 0 Å². The van der Waals surface area contributed by atoms with Gasteiger partial charge in [-0.2, -0.15) is 0 Å². The number of carbonyl (C=O) groups is 1. The number of methoxy groups -OCH3 is 1. The maximum atomic E-state index is 13.1. The number of piperazine rings is 1. The number of ketones is 1. The van der Waals surface area contributed by atoms with Gasteiger partial charge in [0.1, 0.15) is 5.75 Å². The smallest absolute Gasteiger partial charge is 0.164 e. The van der Waals surface area contributed by atoms with Crippen LogP contribution in [0.15, 0.2) is 72.8 Å². The Balaban J connectivity index is 1.08. The van der Waals surface area contributed by atoms with Crippen LogP contribution >= 0.6 is 0 Å². The minimum absolute atomic E-state index is 0.272. The number of carbonyl (C=O) groups excluding carboxylic acids is 1. The lowest BCUT2D eigenvalue weighted by Crippen LogP contribution is -2.46. The Kier molecular flexibility index (Phi) is 8.67. The predicted octanol–water partition coefficient (Wildman–Crippen LogP) is 4.69. The molecule has 5 nitrogen and oxygen atoms in total. The van der Waals surface area contributed by atoms with E-state index in [1.165, 1.54) is 22.3 Å². The molecular formula is C32H39N3O2. The minimum Gasteiger partial charge on any atom is -0.497 e. The molecule has 2 heterocycles. The third-order valence-corrected chi connectivity index (χ3v) is 7.86. The number of benzene rings is 3. The predicted molar refractivity (Wildman–Crippen MR) is 149 cm³/mol. The van der Waals surface area contributed by atoms with Gasteiger partial charge < -0.3 is 9.64 Å². The number of rotatable bonds is 9. The molecule has 0 aromatic heterocycles. The highest BCUT2D eigenvalue weighted by Gasteiger charge is 2.19. The summed E-state index contributed by atoms with van der Waals surface area (Å²) in [6.07, 6.45) is 2.63. The van der Waals surface area contributed by atoms with Gasteiger partial charge in [0.25, 0.3) is 0 Å². The van der Waals surface area contributed by atoms with E-state index >= 15 is 0 Å². The maximum absolute atomic E-state index is 13.1. The fourth-order valence-electron chi connectivity index (χ4n) is 5.51. The highest BCUT2D eigenvalue weighted by atomic mass is 16.5. The zero-order chi connectivity index (χ0) is 25.5. The SMILES string of the molecule is COc1ccc(CN2CCc3ccc(C(=O)CCN4CCN(Cc5ccccc5)CC4)cc3CC2)cc1. The van der Waals surface area contributed by atoms with Crippen LogP contribution in [0.2, 0.25) is 0 Å². The van der Waals surface area contributed by atoms with Gasteiger partial charge in [-0.3, -0.25) is 14.6 Å². The van der Waals surface area contributed by atoms with Crippen molar-refractivity contribution in [2.24, 2.45) is 0 Å². The van der Waals surface area contributed by atoms with Crippen LogP contribution in [0, 0.1) is 0 Å². The van der Waals surface area contributed by atoms with Crippen LogP contribution in [0.1, 0.15) is 39.0 Å². The quantitative estimate of drug-likeness (QED) is 0.401. The first-order chi connectivity index (χ1) is 18.2. The number of Topliss-reactive ketones (excluding diaryl/α,β-unsaturated/α-hetero) is 1. The molecule has 0 radical (unpaired) electrons. The molecule has 37 heavy (non-hydrogen) atoms. The lowest BCUT2D eigenvalue weighted by atomic mass is 9.97. The Morgan fingerprint density at radius 1 is 0.703 bits per heavy atom. The molecule has 2 aliphatic heterocycles. The Morgan fingerprint density at radius 2 is 1.32 bits per heavy atom. The zero-order valence-corrected chi connectivity index (χ0v) is 22.1. The molecule has 0 aliphatic carbocycles. The van der Waals surface area contributed by atoms with Gasteiger partial charge in [0.15, 0.2) is 5.78 Å². The summed E-state index contributed by atoms with van der Waals surface area (Å²) in [4.78, 5) is 20.5. The second-order valence-electron chi connectivity index (χ2n) is 10.4. The van der Waals surface area contributed by atoms with Crippen molar-refractivity contribution in [3.8, 4) is 5.75 Å². The van der Waals surface area contributed by atoms with Crippen LogP contribution in [0.5, 0.6) is 5.75 Å². The fourth-order valence-corrected chi connectivity index (χ4v) is 5.51. The van der Waals surface area contributed by atoms with E-state index in [0.717, 1.165) is 83.1 Å². The molecule has 0 atom stereocenters. The van der Waals surface area contributed by atoms with E-state index < -0.39 is 0 Å². The molecule has 0 saturated carbocycles. The molecule has 3 aromatic carbocycles. The fraction of sp³-hybridized carbons (Fsp3) is 0.406. The first kappa shape index (κ1) is 25.7. The van der Waals surface area contributed by atoms with Gasteiger partial charge in [-0.1, -0.05) is 54.6 Å². The Morgan fingerprint density at radius 3 is 2.03 bits per heavy atom. The molecule has 0 spiro atoms. The van der Waals surface area contributed by atoms with Crippen LogP contribution in [0.3, 0.4) is 0 Å². The molecular weight excluding hydrogens is 458 g/mol. The summed E-state index contributed by atoms with van der Waals surface area (Å²) >= 11 is 0. The summed E-state index contributed by atoms with van der Waals surface area (Å²) < 4.78 is 5.28. The Bertz CT molecular complexity index is 1150. The monoisotopic (exact) mass is 497 g/mol. The molecule has 0 N–H and O–H groups in total. The number of nitrogens with zero attached hydrogens (tertiary/aromatic N) is 3. The zero-order valence-electron chi connectivity index (χ0n) is 22.1. The summed E-state index contributed by atoms with van der Waals surface area (Å²) in [5.74, 6) is 1.17. The molecule has 2 aliphatic rings. The van der Waals surface area contributed by atoms with Crippen LogP contribution < -0.4 is 4.74 Å². The number of fused-ring (bicyclic) bond motifs is 1. The van der Waals surface area contributed by atoms with E-state index in [0.29, 0.717) is 6.42 Å². The van der Waals surface area contributed by atoms with Crippen molar-refractivity contribution in [2.45, 2.75) is 32.4 Å². The molecule has 1 fully saturated rings. The third-order valence-electron chi connectivity index (χ3n) is 7.86. The first-order valence-corrected chi connectivity index (χ1v) is 13.7. The van der Waals surface area contributed by atoms with Crippen LogP contribution in [0.25, 0.3) is 0 Å². The summed E-state index contributed by atoms with van der Waals surface area (Å²) in [5, 5.41) is 0.